The summed E-state index contributed by atoms with van der Waals surface area (Å²) in [6, 6.07) is 13.3. The van der Waals surface area contributed by atoms with Crippen LogP contribution in [0.25, 0.3) is 10.5 Å². The number of benzene rings is 1. The molecule has 0 saturated carbocycles. The predicted molar refractivity (Wildman–Crippen MR) is 168 cm³/mol. The number of hydrogen-bond donors (Lipinski definition) is 0. The molecule has 0 N–H and O–H groups in total. The Bertz CT molecular complexity index is 1360. The molecular formula is C31H34ClN3S3. The van der Waals surface area contributed by atoms with E-state index in [9.17, 15) is 0 Å². The fourth-order valence-corrected chi connectivity index (χ4v) is 7.09. The van der Waals surface area contributed by atoms with Crippen molar-refractivity contribution < 1.29 is 17.0 Å². The largest absolute Gasteiger partial charge is 1.00 e. The van der Waals surface area contributed by atoms with E-state index in [-0.39, 0.29) is 12.4 Å². The van der Waals surface area contributed by atoms with Gasteiger partial charge in [-0.3, -0.25) is 0 Å². The van der Waals surface area contributed by atoms with Gasteiger partial charge in [0.15, 0.2) is 5.71 Å². The third-order valence-electron chi connectivity index (χ3n) is 6.87. The second kappa shape index (κ2) is 12.6. The van der Waals surface area contributed by atoms with Crippen molar-refractivity contribution in [2.75, 3.05) is 46.2 Å². The first kappa shape index (κ1) is 28.6. The molecular weight excluding hydrogens is 546 g/mol. The van der Waals surface area contributed by atoms with Crippen LogP contribution in [0.2, 0.25) is 0 Å². The van der Waals surface area contributed by atoms with E-state index in [4.69, 9.17) is 12.2 Å². The van der Waals surface area contributed by atoms with Crippen LogP contribution in [-0.4, -0.2) is 61.5 Å². The number of nitrogens with zero attached hydrogens (tertiary/aromatic N) is 3. The smallest absolute Gasteiger partial charge is 0.199 e. The van der Waals surface area contributed by atoms with E-state index < -0.39 is 0 Å². The molecule has 1 saturated heterocycles. The van der Waals surface area contributed by atoms with Gasteiger partial charge in [-0.2, -0.15) is 0 Å². The average Bonchev–Trinajstić information content (AvgIpc) is 3.43. The van der Waals surface area contributed by atoms with Crippen molar-refractivity contribution in [3.05, 3.63) is 98.7 Å². The minimum absolute atomic E-state index is 0. The van der Waals surface area contributed by atoms with E-state index in [1.807, 2.05) is 23.1 Å². The highest BCUT2D eigenvalue weighted by Gasteiger charge is 2.20. The Balaban J connectivity index is 0.00000336. The highest BCUT2D eigenvalue weighted by molar-refractivity contribution is 8.12. The lowest BCUT2D eigenvalue weighted by Crippen LogP contribution is -3.00. The summed E-state index contributed by atoms with van der Waals surface area (Å²) >= 11 is 9.57. The number of likely N-dealkylation sites (tertiary alicyclic amines) is 1. The molecule has 0 radical (unpaired) electrons. The quantitative estimate of drug-likeness (QED) is 0.396. The van der Waals surface area contributed by atoms with Crippen LogP contribution in [0, 0.1) is 0 Å². The van der Waals surface area contributed by atoms with Crippen molar-refractivity contribution in [2.45, 2.75) is 19.3 Å². The number of thiocarbonyl (C=S) groups is 1. The van der Waals surface area contributed by atoms with Crippen molar-refractivity contribution in [2.24, 2.45) is 0 Å². The highest BCUT2D eigenvalue weighted by Crippen LogP contribution is 2.45. The zero-order valence-electron chi connectivity index (χ0n) is 22.4. The van der Waals surface area contributed by atoms with E-state index in [0.717, 1.165) is 18.1 Å². The first-order valence-corrected chi connectivity index (χ1v) is 14.9. The lowest BCUT2D eigenvalue weighted by atomic mass is 10.0. The number of hydrogen-bond acceptors (Lipinski definition) is 4. The van der Waals surface area contributed by atoms with Gasteiger partial charge in [-0.15, -0.1) is 11.3 Å². The molecule has 5 rings (SSSR count). The molecule has 0 amide bonds. The average molecular weight is 580 g/mol. The van der Waals surface area contributed by atoms with Gasteiger partial charge in [0.05, 0.1) is 4.88 Å². The number of rotatable bonds is 4. The van der Waals surface area contributed by atoms with E-state index in [0.29, 0.717) is 0 Å². The van der Waals surface area contributed by atoms with Gasteiger partial charge in [0.2, 0.25) is 0 Å². The Kier molecular flexibility index (Phi) is 9.53. The summed E-state index contributed by atoms with van der Waals surface area (Å²) in [5.74, 6) is 0. The molecule has 3 nitrogen and oxygen atoms in total. The molecule has 198 valence electrons. The van der Waals surface area contributed by atoms with Crippen molar-refractivity contribution in [1.29, 1.82) is 0 Å². The minimum Gasteiger partial charge on any atom is -1.00 e. The first-order chi connectivity index (χ1) is 17.9. The van der Waals surface area contributed by atoms with Crippen LogP contribution in [-0.2, 0) is 0 Å². The molecule has 38 heavy (non-hydrogen) atoms. The number of thiophene rings is 1. The Morgan fingerprint density at radius 1 is 0.895 bits per heavy atom. The molecule has 1 aromatic carbocycles. The van der Waals surface area contributed by atoms with Crippen molar-refractivity contribution in [3.8, 4) is 0 Å². The van der Waals surface area contributed by atoms with E-state index in [1.54, 1.807) is 0 Å². The van der Waals surface area contributed by atoms with Crippen LogP contribution in [0.1, 0.15) is 34.6 Å². The molecule has 0 bridgehead atoms. The predicted octanol–water partition coefficient (Wildman–Crippen LogP) is 4.24. The normalized spacial score (nSPS) is 17.2. The van der Waals surface area contributed by atoms with Crippen LogP contribution in [0.3, 0.4) is 0 Å². The second-order valence-electron chi connectivity index (χ2n) is 9.97. The van der Waals surface area contributed by atoms with Gasteiger partial charge in [-0.05, 0) is 84.5 Å². The van der Waals surface area contributed by atoms with Gasteiger partial charge >= 0.3 is 0 Å². The maximum atomic E-state index is 5.91. The van der Waals surface area contributed by atoms with Crippen LogP contribution in [0.4, 0.5) is 5.69 Å². The fraction of sp³-hybridized carbons (Fsp3) is 0.290. The summed E-state index contributed by atoms with van der Waals surface area (Å²) in [6.07, 6.45) is 17.3. The Hall–Kier alpha value is -2.38. The van der Waals surface area contributed by atoms with E-state index in [2.05, 4.69) is 115 Å². The number of anilines is 1. The first-order valence-electron chi connectivity index (χ1n) is 12.8. The second-order valence-corrected chi connectivity index (χ2v) is 12.5. The van der Waals surface area contributed by atoms with Crippen LogP contribution in [0.5, 0.6) is 0 Å². The van der Waals surface area contributed by atoms with E-state index >= 15 is 0 Å². The standard InChI is InChI=1S/C31H34N3S3.ClH/c1-32(2)25-12-8-22(9-13-25)29-20-24(21-30(37-29)23-10-14-26(15-11-23)33(3)4)27-16-17-28(36-27)31(35)34-18-6-5-7-19-34;/h8-17,20-21H,5-7,18-19H2,1-4H3;1H/q+1;/p-1. The lowest BCUT2D eigenvalue weighted by molar-refractivity contribution is -0.462. The van der Waals surface area contributed by atoms with Gasteiger partial charge in [0, 0.05) is 59.7 Å². The third-order valence-corrected chi connectivity index (χ3v) is 9.77. The minimum atomic E-state index is 0. The summed E-state index contributed by atoms with van der Waals surface area (Å²) in [5, 5.41) is 0. The monoisotopic (exact) mass is 579 g/mol. The fourth-order valence-electron chi connectivity index (χ4n) is 4.64. The van der Waals surface area contributed by atoms with Crippen molar-refractivity contribution in [1.82, 2.24) is 4.90 Å². The lowest BCUT2D eigenvalue weighted by Gasteiger charge is -2.28. The maximum Gasteiger partial charge on any atom is 0.199 e. The molecule has 2 aliphatic heterocycles. The number of allylic oxidation sites excluding steroid dienone is 8. The molecule has 0 spiro atoms. The Morgan fingerprint density at radius 3 is 2.21 bits per heavy atom. The SMILES string of the molecule is CN(C)c1ccc(C2=CC(c3ccc(C(=S)N4CCCCC4)s3)=CC(=C3C=CC(=[N+](C)C)C=C3)S2)cc1.[Cl-]. The van der Waals surface area contributed by atoms with E-state index in [1.165, 1.54) is 66.9 Å². The van der Waals surface area contributed by atoms with Gasteiger partial charge in [0.1, 0.15) is 19.1 Å². The molecule has 1 fully saturated rings. The summed E-state index contributed by atoms with van der Waals surface area (Å²) in [5.41, 5.74) is 6.14. The molecule has 0 unspecified atom stereocenters. The molecule has 0 atom stereocenters. The van der Waals surface area contributed by atoms with Gasteiger partial charge < -0.3 is 22.2 Å². The number of halogens is 1. The van der Waals surface area contributed by atoms with Crippen LogP contribution < -0.4 is 17.3 Å². The van der Waals surface area contributed by atoms with Crippen LogP contribution in [0.15, 0.2) is 83.3 Å². The molecule has 1 aliphatic carbocycles. The van der Waals surface area contributed by atoms with Gasteiger partial charge in [0.25, 0.3) is 0 Å². The highest BCUT2D eigenvalue weighted by atomic mass is 35.5. The third kappa shape index (κ3) is 6.42. The van der Waals surface area contributed by atoms with Crippen LogP contribution >= 0.6 is 35.3 Å². The van der Waals surface area contributed by atoms with Gasteiger partial charge in [-0.25, -0.2) is 4.58 Å². The molecule has 1 aromatic heterocycles. The summed E-state index contributed by atoms with van der Waals surface area (Å²) in [7, 11) is 8.32. The number of thioether (sulfide) groups is 1. The van der Waals surface area contributed by atoms with Crippen molar-refractivity contribution in [3.63, 3.8) is 0 Å². The topological polar surface area (TPSA) is 9.49 Å². The Morgan fingerprint density at radius 2 is 1.58 bits per heavy atom. The zero-order valence-corrected chi connectivity index (χ0v) is 25.6. The van der Waals surface area contributed by atoms with Crippen molar-refractivity contribution >= 4 is 62.2 Å². The number of piperidine rings is 1. The summed E-state index contributed by atoms with van der Waals surface area (Å²) < 4.78 is 2.14. The Labute approximate surface area is 247 Å². The molecule has 2 aromatic rings. The molecule has 3 aliphatic rings. The molecule has 3 heterocycles. The maximum absolute atomic E-state index is 5.91. The van der Waals surface area contributed by atoms with Gasteiger partial charge in [-0.1, -0.05) is 36.1 Å². The molecule has 7 heteroatoms. The zero-order chi connectivity index (χ0) is 25.9. The summed E-state index contributed by atoms with van der Waals surface area (Å²) in [6.45, 7) is 2.17. The summed E-state index contributed by atoms with van der Waals surface area (Å²) in [4.78, 5) is 10.5.